The predicted octanol–water partition coefficient (Wildman–Crippen LogP) is 3.90. The average molecular weight is 240 g/mol. The van der Waals surface area contributed by atoms with E-state index in [9.17, 15) is 13.6 Å². The van der Waals surface area contributed by atoms with Crippen molar-refractivity contribution in [2.75, 3.05) is 0 Å². The summed E-state index contributed by atoms with van der Waals surface area (Å²) in [6, 6.07) is 3.66. The molecule has 0 N–H and O–H groups in total. The number of carbonyl (C=O) groups excluding carboxylic acids is 1. The van der Waals surface area contributed by atoms with Gasteiger partial charge in [-0.3, -0.25) is 4.79 Å². The molecule has 17 heavy (non-hydrogen) atoms. The first-order valence-electron chi connectivity index (χ1n) is 5.95. The molecular weight excluding hydrogens is 222 g/mol. The van der Waals surface area contributed by atoms with E-state index in [1.807, 2.05) is 0 Å². The minimum Gasteiger partial charge on any atom is -0.299 e. The van der Waals surface area contributed by atoms with Gasteiger partial charge in [0.15, 0.2) is 0 Å². The van der Waals surface area contributed by atoms with E-state index in [-0.39, 0.29) is 17.8 Å². The maximum absolute atomic E-state index is 13.3. The second-order valence-corrected chi connectivity index (χ2v) is 4.70. The highest BCUT2D eigenvalue weighted by Gasteiger charge is 2.12. The first kappa shape index (κ1) is 13.8. The predicted molar refractivity (Wildman–Crippen MR) is 63.8 cm³/mol. The van der Waals surface area contributed by atoms with Gasteiger partial charge in [-0.25, -0.2) is 8.78 Å². The third-order valence-electron chi connectivity index (χ3n) is 2.67. The van der Waals surface area contributed by atoms with Crippen LogP contribution < -0.4 is 0 Å². The van der Waals surface area contributed by atoms with Crippen molar-refractivity contribution in [3.05, 3.63) is 35.4 Å². The molecule has 0 bridgehead atoms. The summed E-state index contributed by atoms with van der Waals surface area (Å²) in [5.74, 6) is -0.827. The maximum Gasteiger partial charge on any atom is 0.137 e. The van der Waals surface area contributed by atoms with Gasteiger partial charge in [-0.05, 0) is 24.5 Å². The molecule has 0 aliphatic rings. The van der Waals surface area contributed by atoms with Crippen LogP contribution in [0.3, 0.4) is 0 Å². The summed E-state index contributed by atoms with van der Waals surface area (Å²) in [6.07, 6.45) is 2.00. The van der Waals surface area contributed by atoms with Crippen molar-refractivity contribution in [2.45, 2.75) is 39.5 Å². The van der Waals surface area contributed by atoms with Crippen molar-refractivity contribution in [1.29, 1.82) is 0 Å². The number of benzene rings is 1. The standard InChI is InChI=1S/C14H18F2O/c1-10(2)5-3-6-11(17)9-12-13(15)7-4-8-14(12)16/h4,7-8,10H,3,5-6,9H2,1-2H3. The van der Waals surface area contributed by atoms with Gasteiger partial charge in [0, 0.05) is 18.4 Å². The Kier molecular flexibility index (Phi) is 5.26. The quantitative estimate of drug-likeness (QED) is 0.737. The van der Waals surface area contributed by atoms with Gasteiger partial charge in [-0.2, -0.15) is 0 Å². The van der Waals surface area contributed by atoms with Crippen LogP contribution in [0.1, 0.15) is 38.7 Å². The zero-order chi connectivity index (χ0) is 12.8. The lowest BCUT2D eigenvalue weighted by Crippen LogP contribution is -2.07. The molecule has 0 aliphatic heterocycles. The number of hydrogen-bond acceptors (Lipinski definition) is 1. The van der Waals surface area contributed by atoms with Crippen LogP contribution in [0.5, 0.6) is 0 Å². The molecule has 1 aromatic rings. The summed E-state index contributed by atoms with van der Waals surface area (Å²) in [5, 5.41) is 0. The lowest BCUT2D eigenvalue weighted by Gasteiger charge is -2.05. The Hall–Kier alpha value is -1.25. The molecule has 0 aromatic heterocycles. The SMILES string of the molecule is CC(C)CCCC(=O)Cc1c(F)cccc1F. The van der Waals surface area contributed by atoms with E-state index in [0.717, 1.165) is 12.8 Å². The molecule has 0 saturated carbocycles. The molecule has 3 heteroatoms. The summed E-state index contributed by atoms with van der Waals surface area (Å²) < 4.78 is 26.5. The van der Waals surface area contributed by atoms with E-state index in [1.54, 1.807) is 0 Å². The van der Waals surface area contributed by atoms with Crippen LogP contribution in [0, 0.1) is 17.6 Å². The highest BCUT2D eigenvalue weighted by Crippen LogP contribution is 2.15. The summed E-state index contributed by atoms with van der Waals surface area (Å²) in [7, 11) is 0. The third kappa shape index (κ3) is 4.63. The molecule has 0 saturated heterocycles. The molecule has 1 aromatic carbocycles. The van der Waals surface area contributed by atoms with Gasteiger partial charge >= 0.3 is 0 Å². The smallest absolute Gasteiger partial charge is 0.137 e. The number of halogens is 2. The zero-order valence-electron chi connectivity index (χ0n) is 10.3. The molecular formula is C14H18F2O. The van der Waals surface area contributed by atoms with Crippen molar-refractivity contribution in [3.63, 3.8) is 0 Å². The highest BCUT2D eigenvalue weighted by molar-refractivity contribution is 5.80. The molecule has 1 nitrogen and oxygen atoms in total. The minimum absolute atomic E-state index is 0.102. The minimum atomic E-state index is -0.637. The fourth-order valence-electron chi connectivity index (χ4n) is 1.69. The normalized spacial score (nSPS) is 10.9. The third-order valence-corrected chi connectivity index (χ3v) is 2.67. The van der Waals surface area contributed by atoms with Crippen LogP contribution in [-0.4, -0.2) is 5.78 Å². The number of hydrogen-bond donors (Lipinski definition) is 0. The molecule has 0 amide bonds. The topological polar surface area (TPSA) is 17.1 Å². The average Bonchev–Trinajstić information content (AvgIpc) is 2.23. The molecule has 0 unspecified atom stereocenters. The van der Waals surface area contributed by atoms with Gasteiger partial charge in [0.2, 0.25) is 0 Å². The first-order chi connectivity index (χ1) is 8.00. The van der Waals surface area contributed by atoms with E-state index in [2.05, 4.69) is 13.8 Å². The van der Waals surface area contributed by atoms with Crippen molar-refractivity contribution < 1.29 is 13.6 Å². The molecule has 0 aliphatic carbocycles. The van der Waals surface area contributed by atoms with Gasteiger partial charge in [-0.15, -0.1) is 0 Å². The first-order valence-corrected chi connectivity index (χ1v) is 5.95. The fraction of sp³-hybridized carbons (Fsp3) is 0.500. The van der Waals surface area contributed by atoms with Crippen LogP contribution in [-0.2, 0) is 11.2 Å². The van der Waals surface area contributed by atoms with Crippen LogP contribution in [0.25, 0.3) is 0 Å². The lowest BCUT2D eigenvalue weighted by molar-refractivity contribution is -0.118. The summed E-state index contributed by atoms with van der Waals surface area (Å²) in [4.78, 5) is 11.6. The largest absolute Gasteiger partial charge is 0.299 e. The van der Waals surface area contributed by atoms with E-state index >= 15 is 0 Å². The fourth-order valence-corrected chi connectivity index (χ4v) is 1.69. The Bertz CT molecular complexity index is 366. The van der Waals surface area contributed by atoms with Crippen molar-refractivity contribution in [1.82, 2.24) is 0 Å². The van der Waals surface area contributed by atoms with E-state index in [0.29, 0.717) is 12.3 Å². The van der Waals surface area contributed by atoms with Crippen LogP contribution in [0.2, 0.25) is 0 Å². The number of carbonyl (C=O) groups is 1. The van der Waals surface area contributed by atoms with Gasteiger partial charge in [0.25, 0.3) is 0 Å². The zero-order valence-corrected chi connectivity index (χ0v) is 10.3. The number of Topliss-reactive ketones (excluding diaryl/α,β-unsaturated/α-hetero) is 1. The van der Waals surface area contributed by atoms with Gasteiger partial charge in [0.05, 0.1) is 0 Å². The Morgan fingerprint density at radius 3 is 2.35 bits per heavy atom. The lowest BCUT2D eigenvalue weighted by atomic mass is 10.0. The van der Waals surface area contributed by atoms with Crippen molar-refractivity contribution >= 4 is 5.78 Å². The molecule has 0 spiro atoms. The van der Waals surface area contributed by atoms with E-state index < -0.39 is 11.6 Å². The van der Waals surface area contributed by atoms with Crippen LogP contribution >= 0.6 is 0 Å². The number of ketones is 1. The highest BCUT2D eigenvalue weighted by atomic mass is 19.1. The van der Waals surface area contributed by atoms with Crippen molar-refractivity contribution in [3.8, 4) is 0 Å². The van der Waals surface area contributed by atoms with E-state index in [1.165, 1.54) is 18.2 Å². The monoisotopic (exact) mass is 240 g/mol. The summed E-state index contributed by atoms with van der Waals surface area (Å²) in [5.41, 5.74) is -0.109. The van der Waals surface area contributed by atoms with E-state index in [4.69, 9.17) is 0 Å². The molecule has 1 rings (SSSR count). The van der Waals surface area contributed by atoms with Crippen LogP contribution in [0.4, 0.5) is 8.78 Å². The molecule has 0 heterocycles. The van der Waals surface area contributed by atoms with Gasteiger partial charge in [-0.1, -0.05) is 26.3 Å². The second-order valence-electron chi connectivity index (χ2n) is 4.70. The molecule has 0 radical (unpaired) electrons. The molecule has 0 fully saturated rings. The summed E-state index contributed by atoms with van der Waals surface area (Å²) in [6.45, 7) is 4.17. The molecule has 0 atom stereocenters. The van der Waals surface area contributed by atoms with Crippen molar-refractivity contribution in [2.24, 2.45) is 5.92 Å². The maximum atomic E-state index is 13.3. The second kappa shape index (κ2) is 6.48. The Morgan fingerprint density at radius 2 is 1.82 bits per heavy atom. The Balaban J connectivity index is 2.51. The number of rotatable bonds is 6. The van der Waals surface area contributed by atoms with Gasteiger partial charge < -0.3 is 0 Å². The summed E-state index contributed by atoms with van der Waals surface area (Å²) >= 11 is 0. The molecule has 94 valence electrons. The van der Waals surface area contributed by atoms with Gasteiger partial charge in [0.1, 0.15) is 17.4 Å². The van der Waals surface area contributed by atoms with Crippen LogP contribution in [0.15, 0.2) is 18.2 Å². The Labute approximate surface area is 101 Å². The Morgan fingerprint density at radius 1 is 1.24 bits per heavy atom.